The number of hydrogen-bond acceptors (Lipinski definition) is 6. The maximum atomic E-state index is 13.9. The second-order valence-electron chi connectivity index (χ2n) is 10.5. The third kappa shape index (κ3) is 3.64. The highest BCUT2D eigenvalue weighted by molar-refractivity contribution is 6.25. The SMILES string of the molecule is C=Cc1ccc(N2C(=O)[C@H]3[C@H](CC=C4[C@H](c5ccc(OC)c(O)c5)C5=C(C[C@H]43)C(=O)C=C(C)C5=O)C2=O)cc1. The summed E-state index contributed by atoms with van der Waals surface area (Å²) in [5.41, 5.74) is 3.96. The maximum absolute atomic E-state index is 13.9. The van der Waals surface area contributed by atoms with E-state index in [1.54, 1.807) is 55.5 Å². The van der Waals surface area contributed by atoms with Gasteiger partial charge in [-0.15, -0.1) is 0 Å². The van der Waals surface area contributed by atoms with Gasteiger partial charge in [-0.2, -0.15) is 0 Å². The van der Waals surface area contributed by atoms with E-state index in [1.807, 2.05) is 6.08 Å². The van der Waals surface area contributed by atoms with Gasteiger partial charge < -0.3 is 9.84 Å². The number of nitrogens with zero attached hydrogens (tertiary/aromatic N) is 1. The number of anilines is 1. The first-order valence-electron chi connectivity index (χ1n) is 12.9. The summed E-state index contributed by atoms with van der Waals surface area (Å²) >= 11 is 0. The van der Waals surface area contributed by atoms with E-state index in [4.69, 9.17) is 4.74 Å². The van der Waals surface area contributed by atoms with Crippen LogP contribution in [-0.4, -0.2) is 35.6 Å². The molecule has 1 heterocycles. The summed E-state index contributed by atoms with van der Waals surface area (Å²) in [6.07, 6.45) is 5.56. The topological polar surface area (TPSA) is 101 Å². The first-order valence-corrected chi connectivity index (χ1v) is 12.9. The number of allylic oxidation sites excluding steroid dienone is 6. The van der Waals surface area contributed by atoms with Crippen LogP contribution in [0.5, 0.6) is 11.5 Å². The number of benzene rings is 2. The number of phenols is 1. The molecule has 0 aromatic heterocycles. The predicted octanol–water partition coefficient (Wildman–Crippen LogP) is 4.68. The lowest BCUT2D eigenvalue weighted by atomic mass is 9.59. The van der Waals surface area contributed by atoms with Gasteiger partial charge in [-0.3, -0.25) is 24.1 Å². The molecule has 1 aliphatic heterocycles. The van der Waals surface area contributed by atoms with E-state index in [0.717, 1.165) is 11.1 Å². The summed E-state index contributed by atoms with van der Waals surface area (Å²) in [5, 5.41) is 10.6. The molecule has 3 aliphatic carbocycles. The molecular weight excluding hydrogens is 494 g/mol. The first-order chi connectivity index (χ1) is 18.7. The van der Waals surface area contributed by atoms with Crippen LogP contribution in [0.4, 0.5) is 5.69 Å². The molecule has 4 atom stereocenters. The summed E-state index contributed by atoms with van der Waals surface area (Å²) in [7, 11) is 1.45. The Morgan fingerprint density at radius 1 is 1.03 bits per heavy atom. The number of imide groups is 1. The molecule has 0 spiro atoms. The Labute approximate surface area is 225 Å². The van der Waals surface area contributed by atoms with E-state index < -0.39 is 23.7 Å². The van der Waals surface area contributed by atoms with E-state index in [0.29, 0.717) is 34.4 Å². The van der Waals surface area contributed by atoms with Crippen LogP contribution in [0.2, 0.25) is 0 Å². The van der Waals surface area contributed by atoms with Crippen molar-refractivity contribution in [3.8, 4) is 11.5 Å². The lowest BCUT2D eigenvalue weighted by Gasteiger charge is -2.42. The third-order valence-electron chi connectivity index (χ3n) is 8.49. The van der Waals surface area contributed by atoms with Crippen molar-refractivity contribution in [2.45, 2.75) is 25.7 Å². The fourth-order valence-electron chi connectivity index (χ4n) is 6.64. The van der Waals surface area contributed by atoms with Crippen molar-refractivity contribution in [2.75, 3.05) is 12.0 Å². The molecule has 0 radical (unpaired) electrons. The smallest absolute Gasteiger partial charge is 0.238 e. The number of carbonyl (C=O) groups excluding carboxylic acids is 4. The summed E-state index contributed by atoms with van der Waals surface area (Å²) in [6, 6.07) is 12.0. The van der Waals surface area contributed by atoms with Crippen LogP contribution in [0, 0.1) is 17.8 Å². The Morgan fingerprint density at radius 3 is 2.44 bits per heavy atom. The molecule has 39 heavy (non-hydrogen) atoms. The van der Waals surface area contributed by atoms with Crippen LogP contribution in [0.1, 0.15) is 36.8 Å². The highest BCUT2D eigenvalue weighted by Gasteiger charge is 2.56. The minimum absolute atomic E-state index is 0.0864. The van der Waals surface area contributed by atoms with Gasteiger partial charge in [-0.25, -0.2) is 0 Å². The van der Waals surface area contributed by atoms with Gasteiger partial charge in [0.25, 0.3) is 0 Å². The largest absolute Gasteiger partial charge is 0.504 e. The molecule has 0 bridgehead atoms. The van der Waals surface area contributed by atoms with Gasteiger partial charge in [0.2, 0.25) is 11.8 Å². The third-order valence-corrected chi connectivity index (χ3v) is 8.49. The molecule has 1 saturated heterocycles. The Kier molecular flexibility index (Phi) is 5.75. The minimum atomic E-state index is -0.658. The number of hydrogen-bond donors (Lipinski definition) is 1. The molecule has 2 aromatic rings. The van der Waals surface area contributed by atoms with Crippen LogP contribution in [0.25, 0.3) is 6.08 Å². The fraction of sp³-hybridized carbons (Fsp3) is 0.250. The fourth-order valence-corrected chi connectivity index (χ4v) is 6.64. The van der Waals surface area contributed by atoms with E-state index in [-0.39, 0.29) is 41.3 Å². The van der Waals surface area contributed by atoms with Crippen molar-refractivity contribution >= 4 is 35.1 Å². The Balaban J connectivity index is 1.47. The van der Waals surface area contributed by atoms with Crippen molar-refractivity contribution < 1.29 is 29.0 Å². The van der Waals surface area contributed by atoms with Crippen LogP contribution < -0.4 is 9.64 Å². The number of Topliss-reactive ketones (excluding diaryl/α,β-unsaturated/α-hetero) is 1. The molecule has 0 unspecified atom stereocenters. The molecule has 1 fully saturated rings. The van der Waals surface area contributed by atoms with E-state index in [9.17, 15) is 24.3 Å². The van der Waals surface area contributed by atoms with Crippen LogP contribution in [0.15, 0.2) is 83.5 Å². The number of fused-ring (bicyclic) bond motifs is 3. The maximum Gasteiger partial charge on any atom is 0.238 e. The van der Waals surface area contributed by atoms with Crippen molar-refractivity contribution in [3.05, 3.63) is 94.6 Å². The zero-order valence-electron chi connectivity index (χ0n) is 21.6. The minimum Gasteiger partial charge on any atom is -0.504 e. The molecule has 4 aliphatic rings. The van der Waals surface area contributed by atoms with E-state index in [2.05, 4.69) is 6.58 Å². The lowest BCUT2D eigenvalue weighted by Crippen LogP contribution is -2.39. The molecule has 0 saturated carbocycles. The summed E-state index contributed by atoms with van der Waals surface area (Å²) in [6.45, 7) is 5.38. The van der Waals surface area contributed by atoms with E-state index in [1.165, 1.54) is 18.1 Å². The number of amides is 2. The second kappa shape index (κ2) is 9.05. The molecule has 2 amide bonds. The van der Waals surface area contributed by atoms with Crippen molar-refractivity contribution in [2.24, 2.45) is 17.8 Å². The van der Waals surface area contributed by atoms with Crippen molar-refractivity contribution in [3.63, 3.8) is 0 Å². The highest BCUT2D eigenvalue weighted by atomic mass is 16.5. The van der Waals surface area contributed by atoms with Crippen LogP contribution >= 0.6 is 0 Å². The number of methoxy groups -OCH3 is 1. The Morgan fingerprint density at radius 2 is 1.77 bits per heavy atom. The summed E-state index contributed by atoms with van der Waals surface area (Å²) < 4.78 is 5.21. The van der Waals surface area contributed by atoms with Gasteiger partial charge in [-0.05, 0) is 67.2 Å². The van der Waals surface area contributed by atoms with Gasteiger partial charge in [-0.1, -0.05) is 42.5 Å². The molecule has 7 nitrogen and oxygen atoms in total. The van der Waals surface area contributed by atoms with Gasteiger partial charge in [0.1, 0.15) is 0 Å². The Bertz CT molecular complexity index is 1570. The normalized spacial score (nSPS) is 26.1. The Hall–Kier alpha value is -4.52. The molecule has 6 rings (SSSR count). The highest BCUT2D eigenvalue weighted by Crippen LogP contribution is 2.55. The average molecular weight is 522 g/mol. The molecule has 196 valence electrons. The number of aromatic hydroxyl groups is 1. The molecule has 2 aromatic carbocycles. The van der Waals surface area contributed by atoms with Crippen LogP contribution in [0.3, 0.4) is 0 Å². The molecular formula is C32H27NO6. The molecule has 1 N–H and O–H groups in total. The van der Waals surface area contributed by atoms with Gasteiger partial charge in [0, 0.05) is 22.6 Å². The number of phenolic OH excluding ortho intramolecular Hbond substituents is 1. The number of ether oxygens (including phenoxy) is 1. The molecule has 7 heteroatoms. The lowest BCUT2D eigenvalue weighted by molar-refractivity contribution is -0.123. The van der Waals surface area contributed by atoms with Crippen molar-refractivity contribution in [1.29, 1.82) is 0 Å². The zero-order valence-corrected chi connectivity index (χ0v) is 21.6. The van der Waals surface area contributed by atoms with E-state index >= 15 is 0 Å². The quantitative estimate of drug-likeness (QED) is 0.356. The zero-order chi connectivity index (χ0) is 27.6. The number of carbonyl (C=O) groups is 4. The summed E-state index contributed by atoms with van der Waals surface area (Å²) in [5.74, 6) is -3.09. The van der Waals surface area contributed by atoms with Gasteiger partial charge >= 0.3 is 0 Å². The number of rotatable bonds is 4. The van der Waals surface area contributed by atoms with Crippen LogP contribution in [-0.2, 0) is 19.2 Å². The van der Waals surface area contributed by atoms with Crippen molar-refractivity contribution in [1.82, 2.24) is 0 Å². The summed E-state index contributed by atoms with van der Waals surface area (Å²) in [4.78, 5) is 55.5. The predicted molar refractivity (Wildman–Crippen MR) is 145 cm³/mol. The standard InChI is InChI=1S/C32H27NO6/c1-4-17-5-8-19(9-6-17)33-31(37)21-11-10-20-22(28(21)32(33)38)15-23-24(34)13-16(2)30(36)29(23)27(20)18-7-12-26(39-3)25(35)14-18/h4-10,12-14,21-22,27-28,35H,1,11,15H2,2-3H3/t21-,22+,27-,28-/m0/s1. The van der Waals surface area contributed by atoms with Gasteiger partial charge in [0.05, 0.1) is 24.6 Å². The van der Waals surface area contributed by atoms with Gasteiger partial charge in [0.15, 0.2) is 23.1 Å². The second-order valence-corrected chi connectivity index (χ2v) is 10.5. The monoisotopic (exact) mass is 521 g/mol. The number of ketones is 2. The first kappa shape index (κ1) is 24.8. The average Bonchev–Trinajstić information content (AvgIpc) is 3.20.